The quantitative estimate of drug-likeness (QED) is 0.180. The van der Waals surface area contributed by atoms with E-state index >= 15 is 0 Å². The molecule has 0 radical (unpaired) electrons. The molecule has 0 spiro atoms. The van der Waals surface area contributed by atoms with Crippen LogP contribution in [0.2, 0.25) is 0 Å². The Labute approximate surface area is 237 Å². The Kier molecular flexibility index (Phi) is 6.35. The molecule has 0 fully saturated rings. The molecule has 38 heavy (non-hydrogen) atoms. The van der Waals surface area contributed by atoms with Crippen LogP contribution < -0.4 is 0 Å². The van der Waals surface area contributed by atoms with Gasteiger partial charge < -0.3 is 0 Å². The zero-order valence-corrected chi connectivity index (χ0v) is 22.7. The fraction of sp³-hybridized carbons (Fsp3) is 0.0286. The standard InChI is InChI=1S/C35H22N2.Pt/c1-3-13-25(14-4-1)31-21-11-23-33(36-31)35(34-24-12-22-32(37-34)26-15-5-2-6-16-26)29-19-9-7-17-27(29)28-18-8-10-20-30(28)35;/h1-13,15,17-24H;/q-2;+2. The van der Waals surface area contributed by atoms with Gasteiger partial charge in [0, 0.05) is 0 Å². The Balaban J connectivity index is 0.00000264. The van der Waals surface area contributed by atoms with Crippen LogP contribution in [0.25, 0.3) is 33.6 Å². The van der Waals surface area contributed by atoms with Crippen molar-refractivity contribution in [2.24, 2.45) is 0 Å². The smallest absolute Gasteiger partial charge is 0.300 e. The summed E-state index contributed by atoms with van der Waals surface area (Å²) in [6, 6.07) is 52.5. The summed E-state index contributed by atoms with van der Waals surface area (Å²) in [7, 11) is 0. The number of nitrogens with zero attached hydrogens (tertiary/aromatic N) is 2. The van der Waals surface area contributed by atoms with Gasteiger partial charge in [-0.25, -0.2) is 0 Å². The molecule has 7 rings (SSSR count). The minimum atomic E-state index is -0.664. The van der Waals surface area contributed by atoms with E-state index in [-0.39, 0.29) is 21.1 Å². The Morgan fingerprint density at radius 2 is 0.895 bits per heavy atom. The summed E-state index contributed by atoms with van der Waals surface area (Å²) in [5.41, 5.74) is 9.79. The molecule has 1 aliphatic carbocycles. The second-order valence-electron chi connectivity index (χ2n) is 9.21. The van der Waals surface area contributed by atoms with Gasteiger partial charge in [0.1, 0.15) is 5.41 Å². The molecular formula is C35H22N2Pt. The van der Waals surface area contributed by atoms with Crippen LogP contribution >= 0.6 is 0 Å². The Hall–Kier alpha value is -4.13. The van der Waals surface area contributed by atoms with Gasteiger partial charge in [-0.2, -0.15) is 0 Å². The maximum absolute atomic E-state index is 5.29. The van der Waals surface area contributed by atoms with Crippen molar-refractivity contribution >= 4 is 0 Å². The van der Waals surface area contributed by atoms with Crippen molar-refractivity contribution in [3.8, 4) is 33.6 Å². The van der Waals surface area contributed by atoms with E-state index in [1.54, 1.807) is 0 Å². The molecule has 2 heterocycles. The topological polar surface area (TPSA) is 25.8 Å². The number of rotatable bonds is 4. The van der Waals surface area contributed by atoms with Gasteiger partial charge >= 0.3 is 21.1 Å². The van der Waals surface area contributed by atoms with Crippen molar-refractivity contribution in [1.82, 2.24) is 9.97 Å². The maximum atomic E-state index is 5.29. The van der Waals surface area contributed by atoms with Crippen molar-refractivity contribution < 1.29 is 21.1 Å². The first-order chi connectivity index (χ1) is 18.4. The average molecular weight is 666 g/mol. The Morgan fingerprint density at radius 3 is 1.34 bits per heavy atom. The molecule has 0 bridgehead atoms. The van der Waals surface area contributed by atoms with E-state index in [9.17, 15) is 0 Å². The number of pyridine rings is 2. The minimum Gasteiger partial charge on any atom is -0.300 e. The van der Waals surface area contributed by atoms with Gasteiger partial charge in [0.25, 0.3) is 0 Å². The number of aromatic nitrogens is 2. The summed E-state index contributed by atoms with van der Waals surface area (Å²) >= 11 is 0. The zero-order chi connectivity index (χ0) is 24.7. The molecule has 0 aliphatic heterocycles. The third-order valence-corrected chi connectivity index (χ3v) is 7.19. The molecule has 0 saturated carbocycles. The molecule has 2 nitrogen and oxygen atoms in total. The van der Waals surface area contributed by atoms with Gasteiger partial charge in [-0.1, -0.05) is 72.8 Å². The van der Waals surface area contributed by atoms with Gasteiger partial charge in [0.15, 0.2) is 0 Å². The van der Waals surface area contributed by atoms with E-state index in [1.807, 2.05) is 36.4 Å². The van der Waals surface area contributed by atoms with E-state index in [1.165, 1.54) is 22.3 Å². The van der Waals surface area contributed by atoms with Crippen molar-refractivity contribution in [2.45, 2.75) is 5.41 Å². The van der Waals surface area contributed by atoms with Gasteiger partial charge in [-0.05, 0) is 45.8 Å². The molecule has 0 saturated heterocycles. The van der Waals surface area contributed by atoms with Crippen molar-refractivity contribution in [1.29, 1.82) is 0 Å². The van der Waals surface area contributed by atoms with Crippen LogP contribution in [0.5, 0.6) is 0 Å². The monoisotopic (exact) mass is 665 g/mol. The van der Waals surface area contributed by atoms with Crippen LogP contribution in [-0.4, -0.2) is 9.97 Å². The van der Waals surface area contributed by atoms with Gasteiger partial charge in [0.2, 0.25) is 0 Å². The molecule has 182 valence electrons. The molecule has 1 aliphatic rings. The van der Waals surface area contributed by atoms with Crippen molar-refractivity contribution in [3.05, 3.63) is 168 Å². The summed E-state index contributed by atoms with van der Waals surface area (Å²) < 4.78 is 0. The zero-order valence-electron chi connectivity index (χ0n) is 20.4. The van der Waals surface area contributed by atoms with E-state index in [0.717, 1.165) is 33.9 Å². The number of hydrogen-bond acceptors (Lipinski definition) is 2. The third kappa shape index (κ3) is 3.76. The molecule has 6 aromatic rings. The second kappa shape index (κ2) is 9.97. The van der Waals surface area contributed by atoms with Crippen LogP contribution in [0.1, 0.15) is 22.5 Å². The van der Waals surface area contributed by atoms with Crippen LogP contribution in [0.4, 0.5) is 0 Å². The summed E-state index contributed by atoms with van der Waals surface area (Å²) in [4.78, 5) is 10.6. The molecule has 3 heteroatoms. The summed E-state index contributed by atoms with van der Waals surface area (Å²) in [5, 5.41) is 0. The number of hydrogen-bond donors (Lipinski definition) is 0. The number of fused-ring (bicyclic) bond motifs is 3. The Morgan fingerprint density at radius 1 is 0.447 bits per heavy atom. The summed E-state index contributed by atoms with van der Waals surface area (Å²) in [6.07, 6.45) is 0. The summed E-state index contributed by atoms with van der Waals surface area (Å²) in [5.74, 6) is 0. The maximum Gasteiger partial charge on any atom is 2.00 e. The molecule has 0 amide bonds. The van der Waals surface area contributed by atoms with Crippen LogP contribution in [0.15, 0.2) is 133 Å². The predicted octanol–water partition coefficient (Wildman–Crippen LogP) is 7.77. The normalized spacial score (nSPS) is 12.7. The van der Waals surface area contributed by atoms with Crippen LogP contribution in [0, 0.1) is 12.1 Å². The number of benzene rings is 4. The molecule has 4 aromatic carbocycles. The SMILES string of the molecule is [Pt+2].[c-]1ccccc1-c1cccc(C2(c3cccc(-c4[c-]cccc4)n3)c3ccccc3-c3ccccc32)n1. The molecule has 2 aromatic heterocycles. The first kappa shape index (κ1) is 24.2. The average Bonchev–Trinajstić information content (AvgIpc) is 3.30. The van der Waals surface area contributed by atoms with Crippen LogP contribution in [0.3, 0.4) is 0 Å². The summed E-state index contributed by atoms with van der Waals surface area (Å²) in [6.45, 7) is 0. The van der Waals surface area contributed by atoms with Gasteiger partial charge in [-0.3, -0.25) is 9.97 Å². The predicted molar refractivity (Wildman–Crippen MR) is 148 cm³/mol. The largest absolute Gasteiger partial charge is 2.00 e. The molecule has 0 N–H and O–H groups in total. The first-order valence-corrected chi connectivity index (χ1v) is 12.4. The fourth-order valence-corrected chi connectivity index (χ4v) is 5.61. The first-order valence-electron chi connectivity index (χ1n) is 12.4. The van der Waals surface area contributed by atoms with Gasteiger partial charge in [0.05, 0.1) is 11.4 Å². The van der Waals surface area contributed by atoms with E-state index in [4.69, 9.17) is 9.97 Å². The van der Waals surface area contributed by atoms with Crippen LogP contribution in [-0.2, 0) is 26.5 Å². The van der Waals surface area contributed by atoms with Crippen molar-refractivity contribution in [2.75, 3.05) is 0 Å². The Bertz CT molecular complexity index is 1600. The molecular weight excluding hydrogens is 643 g/mol. The fourth-order valence-electron chi connectivity index (χ4n) is 5.61. The molecule has 0 atom stereocenters. The van der Waals surface area contributed by atoms with E-state index in [2.05, 4.69) is 109 Å². The van der Waals surface area contributed by atoms with Crippen molar-refractivity contribution in [3.63, 3.8) is 0 Å². The van der Waals surface area contributed by atoms with E-state index < -0.39 is 5.41 Å². The second-order valence-corrected chi connectivity index (χ2v) is 9.21. The van der Waals surface area contributed by atoms with Gasteiger partial charge in [-0.15, -0.1) is 71.8 Å². The van der Waals surface area contributed by atoms with E-state index in [0.29, 0.717) is 0 Å². The third-order valence-electron chi connectivity index (χ3n) is 7.19. The minimum absolute atomic E-state index is 0. The molecule has 0 unspecified atom stereocenters.